The molecule has 1 fully saturated rings. The van der Waals surface area contributed by atoms with Crippen molar-refractivity contribution in [1.29, 1.82) is 0 Å². The third-order valence-corrected chi connectivity index (χ3v) is 5.71. The van der Waals surface area contributed by atoms with Crippen molar-refractivity contribution in [2.45, 2.75) is 38.9 Å². The minimum atomic E-state index is -0.646. The Morgan fingerprint density at radius 3 is 2.74 bits per heavy atom. The Morgan fingerprint density at radius 1 is 1.19 bits per heavy atom. The standard InChI is InChI=1S/C22H21ClN4O4/c1-12-8-15(23)3-5-17(12)25-22(31)24-10-13-2-4-16-14(9-13)11-27(21(16)30)18-6-7-19(28)26-20(18)29/h2-5,8-9,18H,6-7,10-11H2,1H3,(H2,24,25,31)(H,26,28,29). The molecule has 0 saturated carbocycles. The summed E-state index contributed by atoms with van der Waals surface area (Å²) in [5, 5.41) is 8.47. The SMILES string of the molecule is Cc1cc(Cl)ccc1NC(=O)NCc1ccc2c(c1)CN(C1CCC(=O)NC1=O)C2=O. The smallest absolute Gasteiger partial charge is 0.319 e. The van der Waals surface area contributed by atoms with Crippen molar-refractivity contribution < 1.29 is 19.2 Å². The van der Waals surface area contributed by atoms with E-state index in [0.717, 1.165) is 16.7 Å². The van der Waals surface area contributed by atoms with Gasteiger partial charge in [-0.05, 0) is 54.3 Å². The number of anilines is 1. The lowest BCUT2D eigenvalue weighted by Gasteiger charge is -2.29. The number of imide groups is 1. The zero-order chi connectivity index (χ0) is 22.1. The van der Waals surface area contributed by atoms with E-state index in [1.165, 1.54) is 4.90 Å². The van der Waals surface area contributed by atoms with Crippen molar-refractivity contribution >= 4 is 41.0 Å². The van der Waals surface area contributed by atoms with E-state index in [1.54, 1.807) is 30.3 Å². The molecular weight excluding hydrogens is 420 g/mol. The number of halogens is 1. The van der Waals surface area contributed by atoms with E-state index in [1.807, 2.05) is 13.0 Å². The highest BCUT2D eigenvalue weighted by Gasteiger charge is 2.39. The molecule has 5 amide bonds. The third kappa shape index (κ3) is 4.39. The lowest BCUT2D eigenvalue weighted by Crippen LogP contribution is -2.52. The molecule has 3 N–H and O–H groups in total. The van der Waals surface area contributed by atoms with Gasteiger partial charge in [-0.1, -0.05) is 23.7 Å². The first-order chi connectivity index (χ1) is 14.8. The quantitative estimate of drug-likeness (QED) is 0.635. The Kier molecular flexibility index (Phi) is 5.65. The van der Waals surface area contributed by atoms with Crippen LogP contribution in [0.4, 0.5) is 10.5 Å². The van der Waals surface area contributed by atoms with Crippen molar-refractivity contribution in [3.63, 3.8) is 0 Å². The summed E-state index contributed by atoms with van der Waals surface area (Å²) in [7, 11) is 0. The number of aryl methyl sites for hydroxylation is 1. The lowest BCUT2D eigenvalue weighted by molar-refractivity contribution is -0.136. The number of benzene rings is 2. The number of nitrogens with one attached hydrogen (secondary N) is 3. The van der Waals surface area contributed by atoms with Crippen LogP contribution in [-0.4, -0.2) is 34.7 Å². The summed E-state index contributed by atoms with van der Waals surface area (Å²) in [4.78, 5) is 50.0. The van der Waals surface area contributed by atoms with Gasteiger partial charge in [0.25, 0.3) is 5.91 Å². The minimum absolute atomic E-state index is 0.216. The zero-order valence-electron chi connectivity index (χ0n) is 16.8. The first-order valence-corrected chi connectivity index (χ1v) is 10.3. The fourth-order valence-corrected chi connectivity index (χ4v) is 4.08. The van der Waals surface area contributed by atoms with Crippen molar-refractivity contribution in [3.8, 4) is 0 Å². The minimum Gasteiger partial charge on any atom is -0.334 e. The molecule has 2 aliphatic rings. The molecule has 8 nitrogen and oxygen atoms in total. The van der Waals surface area contributed by atoms with E-state index in [2.05, 4.69) is 16.0 Å². The van der Waals surface area contributed by atoms with Crippen molar-refractivity contribution in [2.75, 3.05) is 5.32 Å². The molecule has 4 rings (SSSR count). The fourth-order valence-electron chi connectivity index (χ4n) is 3.85. The van der Waals surface area contributed by atoms with Crippen LogP contribution in [0.15, 0.2) is 36.4 Å². The summed E-state index contributed by atoms with van der Waals surface area (Å²) in [6, 6.07) is 9.55. The van der Waals surface area contributed by atoms with Gasteiger partial charge in [0.05, 0.1) is 0 Å². The molecule has 1 saturated heterocycles. The summed E-state index contributed by atoms with van der Waals surface area (Å²) in [6.45, 7) is 2.43. The highest BCUT2D eigenvalue weighted by molar-refractivity contribution is 6.30. The molecular formula is C22H21ClN4O4. The lowest BCUT2D eigenvalue weighted by atomic mass is 10.0. The second-order valence-corrected chi connectivity index (χ2v) is 8.09. The average molecular weight is 441 g/mol. The van der Waals surface area contributed by atoms with Crippen LogP contribution in [0.2, 0.25) is 5.02 Å². The molecule has 2 aliphatic heterocycles. The summed E-state index contributed by atoms with van der Waals surface area (Å²) in [5.41, 5.74) is 3.69. The van der Waals surface area contributed by atoms with E-state index in [4.69, 9.17) is 11.6 Å². The molecule has 0 aliphatic carbocycles. The van der Waals surface area contributed by atoms with Gasteiger partial charge < -0.3 is 15.5 Å². The van der Waals surface area contributed by atoms with Gasteiger partial charge in [0.2, 0.25) is 11.8 Å². The number of fused-ring (bicyclic) bond motifs is 1. The number of urea groups is 1. The summed E-state index contributed by atoms with van der Waals surface area (Å²) >= 11 is 5.93. The van der Waals surface area contributed by atoms with E-state index >= 15 is 0 Å². The van der Waals surface area contributed by atoms with E-state index < -0.39 is 11.9 Å². The maximum absolute atomic E-state index is 12.7. The van der Waals surface area contributed by atoms with Crippen LogP contribution in [0.5, 0.6) is 0 Å². The molecule has 2 aromatic rings. The number of nitrogens with zero attached hydrogens (tertiary/aromatic N) is 1. The van der Waals surface area contributed by atoms with Crippen LogP contribution in [0.3, 0.4) is 0 Å². The van der Waals surface area contributed by atoms with Gasteiger partial charge in [0, 0.05) is 35.8 Å². The van der Waals surface area contributed by atoms with Gasteiger partial charge in [-0.3, -0.25) is 19.7 Å². The largest absolute Gasteiger partial charge is 0.334 e. The first-order valence-electron chi connectivity index (χ1n) is 9.89. The fraction of sp³-hybridized carbons (Fsp3) is 0.273. The van der Waals surface area contributed by atoms with Crippen LogP contribution in [-0.2, 0) is 22.7 Å². The second kappa shape index (κ2) is 8.39. The number of hydrogen-bond acceptors (Lipinski definition) is 4. The third-order valence-electron chi connectivity index (χ3n) is 5.48. The van der Waals surface area contributed by atoms with Crippen LogP contribution in [0.1, 0.15) is 39.9 Å². The Labute approximate surface area is 183 Å². The Balaban J connectivity index is 1.38. The monoisotopic (exact) mass is 440 g/mol. The maximum atomic E-state index is 12.7. The summed E-state index contributed by atoms with van der Waals surface area (Å²) in [5.74, 6) is -0.973. The van der Waals surface area contributed by atoms with E-state index in [9.17, 15) is 19.2 Å². The van der Waals surface area contributed by atoms with Gasteiger partial charge in [0.15, 0.2) is 0 Å². The summed E-state index contributed by atoms with van der Waals surface area (Å²) in [6.07, 6.45) is 0.539. The van der Waals surface area contributed by atoms with E-state index in [-0.39, 0.29) is 30.8 Å². The summed E-state index contributed by atoms with van der Waals surface area (Å²) < 4.78 is 0. The van der Waals surface area contributed by atoms with Crippen LogP contribution >= 0.6 is 11.6 Å². The highest BCUT2D eigenvalue weighted by Crippen LogP contribution is 2.28. The predicted octanol–water partition coefficient (Wildman–Crippen LogP) is 2.73. The number of amides is 5. The van der Waals surface area contributed by atoms with Gasteiger partial charge in [-0.2, -0.15) is 0 Å². The number of carbonyl (C=O) groups is 4. The second-order valence-electron chi connectivity index (χ2n) is 7.66. The Morgan fingerprint density at radius 2 is 2.00 bits per heavy atom. The molecule has 0 aromatic heterocycles. The topological polar surface area (TPSA) is 108 Å². The molecule has 0 radical (unpaired) electrons. The Hall–Kier alpha value is -3.39. The molecule has 1 unspecified atom stereocenters. The van der Waals surface area contributed by atoms with Crippen molar-refractivity contribution in [1.82, 2.24) is 15.5 Å². The zero-order valence-corrected chi connectivity index (χ0v) is 17.6. The van der Waals surface area contributed by atoms with Gasteiger partial charge in [0.1, 0.15) is 6.04 Å². The van der Waals surface area contributed by atoms with Gasteiger partial charge in [-0.25, -0.2) is 4.79 Å². The molecule has 9 heteroatoms. The number of hydrogen-bond donors (Lipinski definition) is 3. The van der Waals surface area contributed by atoms with Gasteiger partial charge >= 0.3 is 6.03 Å². The normalized spacial score (nSPS) is 17.9. The molecule has 1 atom stereocenters. The maximum Gasteiger partial charge on any atom is 0.319 e. The van der Waals surface area contributed by atoms with Crippen molar-refractivity contribution in [2.24, 2.45) is 0 Å². The molecule has 31 heavy (non-hydrogen) atoms. The molecule has 2 heterocycles. The molecule has 0 spiro atoms. The number of rotatable bonds is 4. The Bertz CT molecular complexity index is 1100. The van der Waals surface area contributed by atoms with Crippen LogP contribution in [0.25, 0.3) is 0 Å². The van der Waals surface area contributed by atoms with Crippen molar-refractivity contribution in [3.05, 3.63) is 63.7 Å². The van der Waals surface area contributed by atoms with Crippen LogP contribution in [0, 0.1) is 6.92 Å². The first kappa shape index (κ1) is 20.9. The number of carbonyl (C=O) groups excluding carboxylic acids is 4. The number of piperidine rings is 1. The van der Waals surface area contributed by atoms with E-state index in [0.29, 0.717) is 29.2 Å². The molecule has 0 bridgehead atoms. The molecule has 160 valence electrons. The van der Waals surface area contributed by atoms with Gasteiger partial charge in [-0.15, -0.1) is 0 Å². The predicted molar refractivity (Wildman–Crippen MR) is 115 cm³/mol. The highest BCUT2D eigenvalue weighted by atomic mass is 35.5. The van der Waals surface area contributed by atoms with Crippen LogP contribution < -0.4 is 16.0 Å². The molecule has 2 aromatic carbocycles. The average Bonchev–Trinajstić information content (AvgIpc) is 3.04.